The maximum Gasteiger partial charge on any atom is 0.224 e. The van der Waals surface area contributed by atoms with Crippen LogP contribution in [-0.4, -0.2) is 18.0 Å². The van der Waals surface area contributed by atoms with Gasteiger partial charge in [-0.15, -0.1) is 0 Å². The Morgan fingerprint density at radius 3 is 3.07 bits per heavy atom. The topological polar surface area (TPSA) is 45.5 Å². The molecule has 14 heavy (non-hydrogen) atoms. The van der Waals surface area contributed by atoms with Crippen LogP contribution in [0.1, 0.15) is 19.8 Å². The summed E-state index contributed by atoms with van der Waals surface area (Å²) in [4.78, 5) is 13.2. The Morgan fingerprint density at radius 2 is 2.43 bits per heavy atom. The molecule has 0 atom stereocenters. The number of amides is 1. The Morgan fingerprint density at radius 1 is 1.64 bits per heavy atom. The predicted molar refractivity (Wildman–Crippen MR) is 52.3 cm³/mol. The summed E-state index contributed by atoms with van der Waals surface area (Å²) in [6.07, 6.45) is 3.86. The molecular weight excluding hydrogens is 180 g/mol. The van der Waals surface area contributed by atoms with Crippen LogP contribution in [0.5, 0.6) is 0 Å². The Bertz CT molecular complexity index is 393. The van der Waals surface area contributed by atoms with Crippen LogP contribution in [0.15, 0.2) is 16.7 Å². The fourth-order valence-electron chi connectivity index (χ4n) is 1.99. The molecule has 0 unspecified atom stereocenters. The molecule has 2 heterocycles. The van der Waals surface area contributed by atoms with Crippen molar-refractivity contribution in [2.45, 2.75) is 25.3 Å². The molecule has 2 aliphatic rings. The third-order valence-corrected chi connectivity index (χ3v) is 3.01. The van der Waals surface area contributed by atoms with Gasteiger partial charge >= 0.3 is 0 Å². The molecule has 1 saturated carbocycles. The van der Waals surface area contributed by atoms with Crippen LogP contribution in [0, 0.1) is 0 Å². The Balaban J connectivity index is 2.04. The number of hydrogen-bond donors (Lipinski definition) is 1. The van der Waals surface area contributed by atoms with E-state index in [1.807, 2.05) is 6.07 Å². The highest BCUT2D eigenvalue weighted by Crippen LogP contribution is 2.46. The lowest BCUT2D eigenvalue weighted by Crippen LogP contribution is -2.45. The number of carbonyl (C=O) groups is 1. The average Bonchev–Trinajstić information content (AvgIpc) is 2.73. The molecule has 1 spiro atoms. The van der Waals surface area contributed by atoms with Gasteiger partial charge in [-0.1, -0.05) is 0 Å². The van der Waals surface area contributed by atoms with Crippen LogP contribution in [0.2, 0.25) is 0 Å². The molecule has 3 rings (SSSR count). The second kappa shape index (κ2) is 2.32. The maximum atomic E-state index is 11.4. The fourth-order valence-corrected chi connectivity index (χ4v) is 1.99. The number of furan rings is 1. The van der Waals surface area contributed by atoms with Gasteiger partial charge in [0.25, 0.3) is 0 Å². The van der Waals surface area contributed by atoms with E-state index in [0.717, 1.165) is 31.0 Å². The van der Waals surface area contributed by atoms with E-state index in [-0.39, 0.29) is 11.4 Å². The summed E-state index contributed by atoms with van der Waals surface area (Å²) in [6.45, 7) is 2.37. The molecular formula is C10H12N2O2. The van der Waals surface area contributed by atoms with Crippen molar-refractivity contribution in [2.24, 2.45) is 0 Å². The summed E-state index contributed by atoms with van der Waals surface area (Å²) in [7, 11) is 0. The SMILES string of the molecule is CC(=O)N1CC2(CC2)Nc2occc21. The largest absolute Gasteiger partial charge is 0.447 e. The van der Waals surface area contributed by atoms with Gasteiger partial charge in [-0.2, -0.15) is 0 Å². The van der Waals surface area contributed by atoms with E-state index >= 15 is 0 Å². The number of fused-ring (bicyclic) bond motifs is 1. The lowest BCUT2D eigenvalue weighted by Gasteiger charge is -2.32. The lowest BCUT2D eigenvalue weighted by molar-refractivity contribution is -0.116. The van der Waals surface area contributed by atoms with Crippen molar-refractivity contribution in [3.05, 3.63) is 12.3 Å². The van der Waals surface area contributed by atoms with E-state index < -0.39 is 0 Å². The highest BCUT2D eigenvalue weighted by molar-refractivity contribution is 5.95. The van der Waals surface area contributed by atoms with Gasteiger partial charge < -0.3 is 14.6 Å². The molecule has 4 heteroatoms. The molecule has 1 aromatic rings. The Hall–Kier alpha value is -1.45. The first kappa shape index (κ1) is 7.91. The Kier molecular flexibility index (Phi) is 1.31. The normalized spacial score (nSPS) is 21.6. The molecule has 4 nitrogen and oxygen atoms in total. The van der Waals surface area contributed by atoms with Crippen LogP contribution >= 0.6 is 0 Å². The summed E-state index contributed by atoms with van der Waals surface area (Å²) < 4.78 is 5.31. The van der Waals surface area contributed by atoms with Gasteiger partial charge in [-0.3, -0.25) is 4.79 Å². The first-order valence-corrected chi connectivity index (χ1v) is 4.84. The number of anilines is 2. The first-order chi connectivity index (χ1) is 6.70. The van der Waals surface area contributed by atoms with Crippen LogP contribution in [0.25, 0.3) is 0 Å². The van der Waals surface area contributed by atoms with Crippen molar-refractivity contribution in [3.63, 3.8) is 0 Å². The van der Waals surface area contributed by atoms with E-state index in [0.29, 0.717) is 0 Å². The zero-order valence-electron chi connectivity index (χ0n) is 8.04. The van der Waals surface area contributed by atoms with Crippen molar-refractivity contribution >= 4 is 17.5 Å². The van der Waals surface area contributed by atoms with Gasteiger partial charge in [-0.25, -0.2) is 0 Å². The first-order valence-electron chi connectivity index (χ1n) is 4.84. The highest BCUT2D eigenvalue weighted by atomic mass is 16.3. The van der Waals surface area contributed by atoms with Crippen molar-refractivity contribution in [1.29, 1.82) is 0 Å². The van der Waals surface area contributed by atoms with Crippen molar-refractivity contribution in [3.8, 4) is 0 Å². The van der Waals surface area contributed by atoms with E-state index in [1.54, 1.807) is 18.1 Å². The molecule has 74 valence electrons. The molecule has 1 fully saturated rings. The van der Waals surface area contributed by atoms with Crippen molar-refractivity contribution in [1.82, 2.24) is 0 Å². The number of rotatable bonds is 0. The van der Waals surface area contributed by atoms with Gasteiger partial charge in [-0.05, 0) is 12.8 Å². The average molecular weight is 192 g/mol. The van der Waals surface area contributed by atoms with Gasteiger partial charge in [0.15, 0.2) is 0 Å². The molecule has 0 saturated heterocycles. The van der Waals surface area contributed by atoms with E-state index in [4.69, 9.17) is 4.42 Å². The standard InChI is InChI=1S/C10H12N2O2/c1-7(13)12-6-10(3-4-10)11-9-8(12)2-5-14-9/h2,5,11H,3-4,6H2,1H3. The van der Waals surface area contributed by atoms with E-state index in [1.165, 1.54) is 0 Å². The zero-order valence-corrected chi connectivity index (χ0v) is 8.04. The monoisotopic (exact) mass is 192 g/mol. The third kappa shape index (κ3) is 0.967. The molecule has 1 N–H and O–H groups in total. The quantitative estimate of drug-likeness (QED) is 0.679. The summed E-state index contributed by atoms with van der Waals surface area (Å²) in [5.41, 5.74) is 0.978. The van der Waals surface area contributed by atoms with Gasteiger partial charge in [0.05, 0.1) is 11.8 Å². The van der Waals surface area contributed by atoms with Gasteiger partial charge in [0, 0.05) is 19.5 Å². The molecule has 1 amide bonds. The molecule has 1 aliphatic carbocycles. The molecule has 0 radical (unpaired) electrons. The molecule has 1 aromatic heterocycles. The summed E-state index contributed by atoms with van der Waals surface area (Å²) >= 11 is 0. The summed E-state index contributed by atoms with van der Waals surface area (Å²) in [5, 5.41) is 3.35. The highest BCUT2D eigenvalue weighted by Gasteiger charge is 2.49. The zero-order chi connectivity index (χ0) is 9.76. The van der Waals surface area contributed by atoms with Crippen molar-refractivity contribution < 1.29 is 9.21 Å². The van der Waals surface area contributed by atoms with Gasteiger partial charge in [0.1, 0.15) is 5.69 Å². The number of hydrogen-bond acceptors (Lipinski definition) is 3. The third-order valence-electron chi connectivity index (χ3n) is 3.01. The van der Waals surface area contributed by atoms with Crippen LogP contribution in [0.4, 0.5) is 11.6 Å². The minimum atomic E-state index is 0.0837. The molecule has 1 aliphatic heterocycles. The summed E-state index contributed by atoms with van der Waals surface area (Å²) in [6, 6.07) is 1.83. The molecule has 0 aromatic carbocycles. The van der Waals surface area contributed by atoms with E-state index in [9.17, 15) is 4.79 Å². The van der Waals surface area contributed by atoms with Crippen LogP contribution in [-0.2, 0) is 4.79 Å². The maximum absolute atomic E-state index is 11.4. The molecule has 0 bridgehead atoms. The minimum Gasteiger partial charge on any atom is -0.447 e. The van der Waals surface area contributed by atoms with E-state index in [2.05, 4.69) is 5.32 Å². The van der Waals surface area contributed by atoms with Crippen LogP contribution < -0.4 is 10.2 Å². The van der Waals surface area contributed by atoms with Gasteiger partial charge in [0.2, 0.25) is 11.8 Å². The fraction of sp³-hybridized carbons (Fsp3) is 0.500. The Labute approximate surface area is 81.9 Å². The van der Waals surface area contributed by atoms with Crippen molar-refractivity contribution in [2.75, 3.05) is 16.8 Å². The minimum absolute atomic E-state index is 0.0837. The second-order valence-corrected chi connectivity index (χ2v) is 4.15. The predicted octanol–water partition coefficient (Wildman–Crippen LogP) is 1.59. The van der Waals surface area contributed by atoms with Crippen LogP contribution in [0.3, 0.4) is 0 Å². The number of nitrogens with zero attached hydrogens (tertiary/aromatic N) is 1. The number of carbonyl (C=O) groups excluding carboxylic acids is 1. The lowest BCUT2D eigenvalue weighted by atomic mass is 10.1. The summed E-state index contributed by atoms with van der Waals surface area (Å²) in [5.74, 6) is 0.823. The smallest absolute Gasteiger partial charge is 0.224 e. The number of nitrogens with one attached hydrogen (secondary N) is 1. The second-order valence-electron chi connectivity index (χ2n) is 4.15.